The number of benzene rings is 3. The Hall–Kier alpha value is -3.39. The summed E-state index contributed by atoms with van der Waals surface area (Å²) in [5, 5.41) is 0. The van der Waals surface area contributed by atoms with Crippen molar-refractivity contribution < 1.29 is 26.4 Å². The first-order chi connectivity index (χ1) is 16.3. The van der Waals surface area contributed by atoms with Gasteiger partial charge in [0.25, 0.3) is 0 Å². The molecule has 0 saturated heterocycles. The van der Waals surface area contributed by atoms with Gasteiger partial charge in [-0.1, -0.05) is 54.6 Å². The number of hydrogen-bond acceptors (Lipinski definition) is 0. The molecule has 3 aromatic rings. The standard InChI is InChI=1S/3C9H9N.2CO.BrH.Mn/c3*1-7-5-4-6-8(2)9(7)10-3;2*1-2;;/h3*4-6H,1-2H3;;;1H;. The van der Waals surface area contributed by atoms with Gasteiger partial charge < -0.3 is 0 Å². The maximum absolute atomic E-state index is 7.50. The summed E-state index contributed by atoms with van der Waals surface area (Å²) < 4.78 is 15.0. The average molecular weight is 585 g/mol. The second-order valence-corrected chi connectivity index (χ2v) is 7.06. The van der Waals surface area contributed by atoms with Gasteiger partial charge in [-0.2, -0.15) is 0 Å². The van der Waals surface area contributed by atoms with Gasteiger partial charge in [-0.05, 0) is 74.9 Å². The van der Waals surface area contributed by atoms with Gasteiger partial charge in [0, 0.05) is 17.1 Å². The molecule has 0 aromatic heterocycles. The van der Waals surface area contributed by atoms with Gasteiger partial charge in [0.1, 0.15) is 0 Å². The molecule has 0 bridgehead atoms. The van der Waals surface area contributed by atoms with Crippen LogP contribution in [0.1, 0.15) is 33.4 Å². The number of rotatable bonds is 0. The molecular weight excluding hydrogens is 557 g/mol. The first-order valence-corrected chi connectivity index (χ1v) is 9.98. The van der Waals surface area contributed by atoms with Gasteiger partial charge >= 0.3 is 22.6 Å². The molecule has 0 aliphatic rings. The molecule has 0 N–H and O–H groups in total. The van der Waals surface area contributed by atoms with Gasteiger partial charge in [0.2, 0.25) is 0 Å². The van der Waals surface area contributed by atoms with Gasteiger partial charge in [0.05, 0.1) is 19.7 Å². The maximum atomic E-state index is 7.50. The topological polar surface area (TPSA) is 52.9 Å². The van der Waals surface area contributed by atoms with Crippen LogP contribution in [0, 0.1) is 74.6 Å². The summed E-state index contributed by atoms with van der Waals surface area (Å²) in [6.45, 7) is 41.3. The van der Waals surface area contributed by atoms with E-state index in [4.69, 9.17) is 29.0 Å². The SMILES string of the molecule is Br.[C-]#[N+]c1c(C)cccc1C.[C-]#[N+]c1c(C)cccc1C.[C-]#[N+]c1c(C)cccc1C.[C-]#[O+].[C-]#[O+].[Mn]. The number of hydrogen-bond donors (Lipinski definition) is 0. The molecule has 0 heterocycles. The van der Waals surface area contributed by atoms with Crippen molar-refractivity contribution in [3.05, 3.63) is 136 Å². The molecule has 3 aromatic carbocycles. The fourth-order valence-corrected chi connectivity index (χ4v) is 2.95. The van der Waals surface area contributed by atoms with Crippen LogP contribution in [0.4, 0.5) is 17.1 Å². The normalized spacial score (nSPS) is 7.53. The van der Waals surface area contributed by atoms with Crippen LogP contribution in [-0.2, 0) is 26.4 Å². The van der Waals surface area contributed by atoms with E-state index in [2.05, 4.69) is 27.8 Å². The fourth-order valence-electron chi connectivity index (χ4n) is 2.95. The van der Waals surface area contributed by atoms with Crippen molar-refractivity contribution in [2.45, 2.75) is 41.5 Å². The molecule has 36 heavy (non-hydrogen) atoms. The molecule has 7 heteroatoms. The Morgan fingerprint density at radius 3 is 0.667 bits per heavy atom. The third-order valence-corrected chi connectivity index (χ3v) is 4.65. The molecule has 0 aliphatic carbocycles. The van der Waals surface area contributed by atoms with E-state index in [-0.39, 0.29) is 34.1 Å². The molecule has 0 amide bonds. The quantitative estimate of drug-likeness (QED) is 0.144. The number of nitrogens with zero attached hydrogens (tertiary/aromatic N) is 3. The van der Waals surface area contributed by atoms with Crippen molar-refractivity contribution in [2.24, 2.45) is 0 Å². The van der Waals surface area contributed by atoms with Crippen molar-refractivity contribution in [3.63, 3.8) is 0 Å². The zero-order chi connectivity index (χ0) is 26.7. The van der Waals surface area contributed by atoms with Crippen LogP contribution < -0.4 is 0 Å². The molecule has 5 nitrogen and oxygen atoms in total. The second-order valence-electron chi connectivity index (χ2n) is 7.06. The summed E-state index contributed by atoms with van der Waals surface area (Å²) in [6.07, 6.45) is 0. The van der Waals surface area contributed by atoms with E-state index in [0.29, 0.717) is 0 Å². The minimum Gasteiger partial charge on any atom is 0 e. The van der Waals surface area contributed by atoms with E-state index >= 15 is 0 Å². The first kappa shape index (κ1) is 39.8. The van der Waals surface area contributed by atoms with Crippen LogP contribution in [-0.4, -0.2) is 0 Å². The average Bonchev–Trinajstić information content (AvgIpc) is 2.83. The number of halogens is 1. The van der Waals surface area contributed by atoms with Crippen molar-refractivity contribution in [3.8, 4) is 0 Å². The molecule has 0 saturated carbocycles. The van der Waals surface area contributed by atoms with Gasteiger partial charge in [0.15, 0.2) is 17.1 Å². The second kappa shape index (κ2) is 23.4. The van der Waals surface area contributed by atoms with E-state index in [1.165, 1.54) is 0 Å². The van der Waals surface area contributed by atoms with E-state index in [1.54, 1.807) is 0 Å². The predicted molar refractivity (Wildman–Crippen MR) is 145 cm³/mol. The summed E-state index contributed by atoms with van der Waals surface area (Å²) in [5.74, 6) is 0. The van der Waals surface area contributed by atoms with E-state index in [1.807, 2.05) is 96.1 Å². The van der Waals surface area contributed by atoms with Crippen molar-refractivity contribution in [2.75, 3.05) is 0 Å². The Kier molecular flexibility index (Phi) is 25.8. The molecule has 0 aliphatic heterocycles. The zero-order valence-corrected chi connectivity index (χ0v) is 24.0. The Labute approximate surface area is 236 Å². The largest absolute Gasteiger partial charge is 0 e. The van der Waals surface area contributed by atoms with Crippen LogP contribution in [0.2, 0.25) is 0 Å². The van der Waals surface area contributed by atoms with Crippen LogP contribution in [0.15, 0.2) is 54.6 Å². The molecule has 1 radical (unpaired) electrons. The molecular formula is C29H28BrMnN3O2. The van der Waals surface area contributed by atoms with Crippen LogP contribution >= 0.6 is 17.0 Å². The summed E-state index contributed by atoms with van der Waals surface area (Å²) in [5.41, 5.74) is 8.77. The monoisotopic (exact) mass is 584 g/mol. The summed E-state index contributed by atoms with van der Waals surface area (Å²) in [4.78, 5) is 10.3. The molecule has 3 rings (SSSR count). The van der Waals surface area contributed by atoms with E-state index in [0.717, 1.165) is 50.4 Å². The molecule has 185 valence electrons. The smallest absolute Gasteiger partial charge is 0 e. The number of aryl methyl sites for hydroxylation is 6. The summed E-state index contributed by atoms with van der Waals surface area (Å²) in [7, 11) is 0. The molecule has 0 spiro atoms. The Morgan fingerprint density at radius 1 is 0.444 bits per heavy atom. The van der Waals surface area contributed by atoms with Crippen molar-refractivity contribution in [1.82, 2.24) is 0 Å². The minimum atomic E-state index is 0. The van der Waals surface area contributed by atoms with Crippen LogP contribution in [0.5, 0.6) is 0 Å². The van der Waals surface area contributed by atoms with Crippen molar-refractivity contribution >= 4 is 34.0 Å². The van der Waals surface area contributed by atoms with Gasteiger partial charge in [-0.15, -0.1) is 17.0 Å². The van der Waals surface area contributed by atoms with Crippen molar-refractivity contribution in [1.29, 1.82) is 0 Å². The van der Waals surface area contributed by atoms with Crippen LogP contribution in [0.3, 0.4) is 0 Å². The molecule has 0 unspecified atom stereocenters. The van der Waals surface area contributed by atoms with E-state index < -0.39 is 0 Å². The van der Waals surface area contributed by atoms with E-state index in [9.17, 15) is 0 Å². The Morgan fingerprint density at radius 2 is 0.583 bits per heavy atom. The maximum Gasteiger partial charge on any atom is 0 e. The third-order valence-electron chi connectivity index (χ3n) is 4.65. The Balaban J connectivity index is -0.000000194. The Bertz CT molecular complexity index is 1030. The first-order valence-electron chi connectivity index (χ1n) is 9.98. The van der Waals surface area contributed by atoms with Crippen LogP contribution in [0.25, 0.3) is 14.5 Å². The number of para-hydroxylation sites is 3. The van der Waals surface area contributed by atoms with Gasteiger partial charge in [-0.25, -0.2) is 14.5 Å². The van der Waals surface area contributed by atoms with Gasteiger partial charge in [-0.3, -0.25) is 0 Å². The molecule has 0 fully saturated rings. The zero-order valence-electron chi connectivity index (χ0n) is 21.1. The predicted octanol–water partition coefficient (Wildman–Crippen LogP) is 9.06. The third kappa shape index (κ3) is 13.5. The molecule has 0 atom stereocenters. The minimum absolute atomic E-state index is 0. The summed E-state index contributed by atoms with van der Waals surface area (Å²) in [6, 6.07) is 17.7. The summed E-state index contributed by atoms with van der Waals surface area (Å²) >= 11 is 0. The fraction of sp³-hybridized carbons (Fsp3) is 0.207.